The number of esters is 1. The topological polar surface area (TPSA) is 165 Å². The molecule has 214 valence electrons. The number of hydrogen-bond acceptors (Lipinski definition) is 12. The SMILES string of the molecule is COC(=O)[C@H](C)/N=[P+](\[O-])Oc1ccccc1OC[C@H]1OC(n2cnc3c(NC4CCC4)ncnc32)[C@](C)(F)[C@@H]1O. The highest BCUT2D eigenvalue weighted by molar-refractivity contribution is 7.34. The fraction of sp³-hybridized carbons (Fsp3) is 0.520. The molecule has 2 unspecified atom stereocenters. The number of aromatic nitrogens is 4. The summed E-state index contributed by atoms with van der Waals surface area (Å²) < 4.78 is 42.8. The number of aliphatic hydroxyl groups is 1. The van der Waals surface area contributed by atoms with Gasteiger partial charge in [-0.2, -0.15) is 0 Å². The highest BCUT2D eigenvalue weighted by atomic mass is 31.1. The van der Waals surface area contributed by atoms with Crippen LogP contribution in [0.25, 0.3) is 11.2 Å². The lowest BCUT2D eigenvalue weighted by molar-refractivity contribution is -0.169. The third-order valence-corrected chi connectivity index (χ3v) is 7.90. The number of anilines is 1. The fourth-order valence-corrected chi connectivity index (χ4v) is 5.25. The average Bonchev–Trinajstić information content (AvgIpc) is 3.43. The first-order valence-electron chi connectivity index (χ1n) is 12.8. The van der Waals surface area contributed by atoms with Crippen molar-refractivity contribution in [2.75, 3.05) is 19.0 Å². The zero-order valence-corrected chi connectivity index (χ0v) is 23.0. The van der Waals surface area contributed by atoms with Crippen LogP contribution in [0.2, 0.25) is 0 Å². The molecule has 1 saturated carbocycles. The zero-order chi connectivity index (χ0) is 28.4. The molecule has 2 fully saturated rings. The van der Waals surface area contributed by atoms with E-state index in [1.165, 1.54) is 44.2 Å². The monoisotopic (exact) mass is 576 g/mol. The lowest BCUT2D eigenvalue weighted by Crippen LogP contribution is -2.41. The molecule has 0 spiro atoms. The van der Waals surface area contributed by atoms with Crippen molar-refractivity contribution in [2.45, 2.75) is 69.3 Å². The van der Waals surface area contributed by atoms with Crippen molar-refractivity contribution in [3.05, 3.63) is 36.9 Å². The summed E-state index contributed by atoms with van der Waals surface area (Å²) in [6.07, 6.45) is 2.16. The Kier molecular flexibility index (Phi) is 8.13. The number of methoxy groups -OCH3 is 1. The molecule has 1 aliphatic carbocycles. The molecule has 3 aromatic rings. The molecule has 13 nitrogen and oxygen atoms in total. The highest BCUT2D eigenvalue weighted by Crippen LogP contribution is 2.43. The number of rotatable bonds is 10. The standard InChI is InChI=1S/C25H30FN6O7P/c1-14(23(34)36-3)31-40(35)39-17-10-5-4-9-16(17)37-11-18-20(33)25(2,26)24(38-18)32-13-29-19-21(27-12-28-22(19)32)30-15-7-6-8-15/h4-5,9-10,12-15,18,20,24,33H,6-8,11H2,1-3H3,(H,27,28,30)/t14-,18+,20+,24?,25+/m0/s1. The Morgan fingerprint density at radius 3 is 2.80 bits per heavy atom. The van der Waals surface area contributed by atoms with Crippen molar-refractivity contribution in [2.24, 2.45) is 4.74 Å². The second-order valence-corrected chi connectivity index (χ2v) is 10.7. The summed E-state index contributed by atoms with van der Waals surface area (Å²) in [5, 5.41) is 14.2. The Labute approximate surface area is 230 Å². The van der Waals surface area contributed by atoms with E-state index in [0.717, 1.165) is 19.3 Å². The smallest absolute Gasteiger partial charge is 0.395 e. The van der Waals surface area contributed by atoms with Gasteiger partial charge in [0.1, 0.15) is 25.1 Å². The quantitative estimate of drug-likeness (QED) is 0.269. The summed E-state index contributed by atoms with van der Waals surface area (Å²) in [6, 6.07) is 5.66. The van der Waals surface area contributed by atoms with Crippen molar-refractivity contribution >= 4 is 31.1 Å². The van der Waals surface area contributed by atoms with Gasteiger partial charge >= 0.3 is 14.1 Å². The van der Waals surface area contributed by atoms with Crippen molar-refractivity contribution < 1.29 is 37.9 Å². The zero-order valence-electron chi connectivity index (χ0n) is 22.1. The lowest BCUT2D eigenvalue weighted by Gasteiger charge is -2.27. The van der Waals surface area contributed by atoms with E-state index >= 15 is 4.39 Å². The number of aliphatic hydroxyl groups excluding tert-OH is 1. The van der Waals surface area contributed by atoms with Crippen LogP contribution < -0.4 is 19.5 Å². The van der Waals surface area contributed by atoms with Gasteiger partial charge in [-0.3, -0.25) is 9.09 Å². The van der Waals surface area contributed by atoms with E-state index in [1.807, 2.05) is 0 Å². The van der Waals surface area contributed by atoms with Crippen LogP contribution in [0.3, 0.4) is 0 Å². The van der Waals surface area contributed by atoms with Gasteiger partial charge in [0.25, 0.3) is 0 Å². The van der Waals surface area contributed by atoms with Crippen LogP contribution in [0.5, 0.6) is 11.5 Å². The van der Waals surface area contributed by atoms with Crippen molar-refractivity contribution in [1.82, 2.24) is 19.5 Å². The molecular formula is C25H30FN6O7P. The molecular weight excluding hydrogens is 546 g/mol. The predicted molar refractivity (Wildman–Crippen MR) is 139 cm³/mol. The summed E-state index contributed by atoms with van der Waals surface area (Å²) >= 11 is 0. The minimum Gasteiger partial charge on any atom is -0.575 e. The maximum atomic E-state index is 15.9. The third kappa shape index (κ3) is 5.57. The number of nitrogens with one attached hydrogen (secondary N) is 1. The van der Waals surface area contributed by atoms with Crippen LogP contribution in [0.4, 0.5) is 10.2 Å². The number of hydrogen-bond donors (Lipinski definition) is 2. The fourth-order valence-electron chi connectivity index (χ4n) is 4.51. The normalized spacial score (nSPS) is 25.9. The van der Waals surface area contributed by atoms with E-state index in [4.69, 9.17) is 14.0 Å². The lowest BCUT2D eigenvalue weighted by atomic mass is 9.93. The molecule has 15 heteroatoms. The van der Waals surface area contributed by atoms with E-state index in [-0.39, 0.29) is 18.1 Å². The first-order chi connectivity index (χ1) is 19.2. The number of para-hydroxylation sites is 2. The largest absolute Gasteiger partial charge is 0.575 e. The number of carbonyl (C=O) groups is 1. The van der Waals surface area contributed by atoms with Gasteiger partial charge in [0, 0.05) is 6.04 Å². The Balaban J connectivity index is 1.30. The molecule has 2 N–H and O–H groups in total. The predicted octanol–water partition coefficient (Wildman–Crippen LogP) is 2.65. The number of carbonyl (C=O) groups excluding carboxylic acids is 1. The molecule has 1 aliphatic heterocycles. The first-order valence-corrected chi connectivity index (χ1v) is 13.9. The highest BCUT2D eigenvalue weighted by Gasteiger charge is 2.55. The van der Waals surface area contributed by atoms with Gasteiger partial charge in [-0.15, -0.1) is 0 Å². The van der Waals surface area contributed by atoms with Gasteiger partial charge in [0.15, 0.2) is 40.7 Å². The van der Waals surface area contributed by atoms with Gasteiger partial charge in [0.05, 0.1) is 13.4 Å². The van der Waals surface area contributed by atoms with Crippen LogP contribution in [0, 0.1) is 0 Å². The summed E-state index contributed by atoms with van der Waals surface area (Å²) in [5.74, 6) is 0.158. The van der Waals surface area contributed by atoms with Crippen molar-refractivity contribution in [3.8, 4) is 11.5 Å². The number of ether oxygens (including phenoxy) is 3. The van der Waals surface area contributed by atoms with Gasteiger partial charge in [0.2, 0.25) is 5.75 Å². The van der Waals surface area contributed by atoms with E-state index in [2.05, 4.69) is 29.8 Å². The number of benzene rings is 1. The number of alkyl halides is 1. The first kappa shape index (κ1) is 28.1. The maximum absolute atomic E-state index is 15.9. The van der Waals surface area contributed by atoms with Crippen molar-refractivity contribution in [3.63, 3.8) is 0 Å². The van der Waals surface area contributed by atoms with Crippen LogP contribution in [-0.4, -0.2) is 74.3 Å². The molecule has 1 aromatic carbocycles. The number of fused-ring (bicyclic) bond motifs is 1. The molecule has 5 rings (SSSR count). The Morgan fingerprint density at radius 1 is 1.35 bits per heavy atom. The molecule has 0 bridgehead atoms. The molecule has 0 amide bonds. The van der Waals surface area contributed by atoms with Gasteiger partial charge < -0.3 is 29.5 Å². The molecule has 40 heavy (non-hydrogen) atoms. The summed E-state index contributed by atoms with van der Waals surface area (Å²) in [6.45, 7) is 2.42. The maximum Gasteiger partial charge on any atom is 0.395 e. The average molecular weight is 577 g/mol. The Bertz CT molecular complexity index is 1400. The minimum atomic E-state index is -2.62. The molecule has 1 saturated heterocycles. The number of halogens is 1. The van der Waals surface area contributed by atoms with Crippen LogP contribution >= 0.6 is 8.17 Å². The second-order valence-electron chi connectivity index (χ2n) is 9.84. The van der Waals surface area contributed by atoms with Crippen LogP contribution in [0.1, 0.15) is 39.3 Å². The van der Waals surface area contributed by atoms with E-state index in [9.17, 15) is 14.8 Å². The molecule has 2 aliphatic rings. The van der Waals surface area contributed by atoms with Crippen LogP contribution in [0.15, 0.2) is 41.7 Å². The van der Waals surface area contributed by atoms with Gasteiger partial charge in [-0.25, -0.2) is 24.1 Å². The van der Waals surface area contributed by atoms with Gasteiger partial charge in [-0.05, 0) is 45.2 Å². The Hall–Kier alpha value is -3.45. The third-order valence-electron chi connectivity index (χ3n) is 7.01. The number of imidazole rings is 1. The summed E-state index contributed by atoms with van der Waals surface area (Å²) in [5.41, 5.74) is -1.36. The minimum absolute atomic E-state index is 0.0836. The summed E-state index contributed by atoms with van der Waals surface area (Å²) in [7, 11) is -1.43. The van der Waals surface area contributed by atoms with E-state index in [1.54, 1.807) is 18.2 Å². The Morgan fingerprint density at radius 2 is 2.10 bits per heavy atom. The second kappa shape index (κ2) is 11.6. The number of nitrogens with zero attached hydrogens (tertiary/aromatic N) is 5. The van der Waals surface area contributed by atoms with Crippen molar-refractivity contribution in [1.29, 1.82) is 0 Å². The summed E-state index contributed by atoms with van der Waals surface area (Å²) in [4.78, 5) is 36.9. The van der Waals surface area contributed by atoms with Crippen LogP contribution in [-0.2, 0) is 14.3 Å². The van der Waals surface area contributed by atoms with Gasteiger partial charge in [-0.1, -0.05) is 16.9 Å². The van der Waals surface area contributed by atoms with E-state index < -0.39 is 44.3 Å². The molecule has 3 heterocycles. The molecule has 6 atom stereocenters. The molecule has 0 radical (unpaired) electrons. The van der Waals surface area contributed by atoms with E-state index in [0.29, 0.717) is 23.0 Å². The molecule has 2 aromatic heterocycles.